The second kappa shape index (κ2) is 7.08. The Kier molecular flexibility index (Phi) is 5.70. The molecule has 2 heteroatoms. The van der Waals surface area contributed by atoms with Crippen molar-refractivity contribution in [3.05, 3.63) is 0 Å². The molecule has 112 valence electrons. The summed E-state index contributed by atoms with van der Waals surface area (Å²) >= 11 is 0. The second-order valence-electron chi connectivity index (χ2n) is 6.87. The Bertz CT molecular complexity index is 252. The second-order valence-corrected chi connectivity index (χ2v) is 6.87. The van der Waals surface area contributed by atoms with Gasteiger partial charge in [-0.05, 0) is 44.2 Å². The molecule has 0 amide bonds. The van der Waals surface area contributed by atoms with E-state index in [0.29, 0.717) is 11.5 Å². The first-order chi connectivity index (χ1) is 9.21. The Labute approximate surface area is 119 Å². The first kappa shape index (κ1) is 15.3. The van der Waals surface area contributed by atoms with Crippen molar-refractivity contribution in [3.63, 3.8) is 0 Å². The molecule has 1 saturated carbocycles. The number of aliphatic hydroxyl groups excluding tert-OH is 1. The molecular formula is C17H33NO. The van der Waals surface area contributed by atoms with Gasteiger partial charge in [-0.3, -0.25) is 4.90 Å². The number of rotatable bonds is 3. The van der Waals surface area contributed by atoms with Gasteiger partial charge in [0.05, 0.1) is 6.10 Å². The average molecular weight is 267 g/mol. The van der Waals surface area contributed by atoms with Crippen LogP contribution in [-0.2, 0) is 0 Å². The molecule has 2 aliphatic rings. The van der Waals surface area contributed by atoms with E-state index in [2.05, 4.69) is 18.7 Å². The standard InChI is InChI=1S/C17H33NO/c1-3-17(4-2)11-13-18(14-12-17)15-9-7-5-6-8-10-16(15)19/h15-16,19H,3-14H2,1-2H3. The molecule has 0 spiro atoms. The lowest BCUT2D eigenvalue weighted by molar-refractivity contribution is -0.00578. The van der Waals surface area contributed by atoms with Crippen molar-refractivity contribution in [1.29, 1.82) is 0 Å². The van der Waals surface area contributed by atoms with Crippen LogP contribution < -0.4 is 0 Å². The molecule has 19 heavy (non-hydrogen) atoms. The van der Waals surface area contributed by atoms with Gasteiger partial charge in [-0.25, -0.2) is 0 Å². The maximum Gasteiger partial charge on any atom is 0.0695 e. The lowest BCUT2D eigenvalue weighted by atomic mass is 9.73. The van der Waals surface area contributed by atoms with E-state index in [1.54, 1.807) is 0 Å². The first-order valence-corrected chi connectivity index (χ1v) is 8.63. The molecule has 0 aromatic carbocycles. The minimum absolute atomic E-state index is 0.0731. The summed E-state index contributed by atoms with van der Waals surface area (Å²) in [5.74, 6) is 0. The van der Waals surface area contributed by atoms with Gasteiger partial charge in [0, 0.05) is 6.04 Å². The van der Waals surface area contributed by atoms with Crippen LogP contribution in [0.5, 0.6) is 0 Å². The molecule has 0 radical (unpaired) electrons. The van der Waals surface area contributed by atoms with Gasteiger partial charge in [-0.2, -0.15) is 0 Å². The Morgan fingerprint density at radius 2 is 1.53 bits per heavy atom. The smallest absolute Gasteiger partial charge is 0.0695 e. The molecule has 2 atom stereocenters. The Hall–Kier alpha value is -0.0800. The van der Waals surface area contributed by atoms with Gasteiger partial charge < -0.3 is 5.11 Å². The number of likely N-dealkylation sites (tertiary alicyclic amines) is 1. The zero-order valence-electron chi connectivity index (χ0n) is 13.0. The summed E-state index contributed by atoms with van der Waals surface area (Å²) in [6.45, 7) is 7.13. The van der Waals surface area contributed by atoms with E-state index in [4.69, 9.17) is 0 Å². The monoisotopic (exact) mass is 267 g/mol. The van der Waals surface area contributed by atoms with Gasteiger partial charge in [0.15, 0.2) is 0 Å². The summed E-state index contributed by atoms with van der Waals surface area (Å²) in [5, 5.41) is 10.4. The molecule has 1 aliphatic heterocycles. The van der Waals surface area contributed by atoms with Crippen LogP contribution in [0.1, 0.15) is 78.1 Å². The lowest BCUT2D eigenvalue weighted by Crippen LogP contribution is -2.50. The van der Waals surface area contributed by atoms with Crippen LogP contribution in [-0.4, -0.2) is 35.2 Å². The highest BCUT2D eigenvalue weighted by molar-refractivity contribution is 4.89. The predicted molar refractivity (Wildman–Crippen MR) is 81.3 cm³/mol. The van der Waals surface area contributed by atoms with Crippen LogP contribution in [0.3, 0.4) is 0 Å². The van der Waals surface area contributed by atoms with E-state index >= 15 is 0 Å². The van der Waals surface area contributed by atoms with Gasteiger partial charge in [-0.1, -0.05) is 52.4 Å². The maximum atomic E-state index is 10.4. The minimum atomic E-state index is -0.0731. The number of piperidine rings is 1. The molecule has 2 nitrogen and oxygen atoms in total. The SMILES string of the molecule is CCC1(CC)CCN(C2CCCCCCC2O)CC1. The van der Waals surface area contributed by atoms with Crippen molar-refractivity contribution in [2.45, 2.75) is 90.2 Å². The number of aliphatic hydroxyl groups is 1. The van der Waals surface area contributed by atoms with E-state index < -0.39 is 0 Å². The van der Waals surface area contributed by atoms with Gasteiger partial charge in [-0.15, -0.1) is 0 Å². The normalized spacial score (nSPS) is 33.6. The van der Waals surface area contributed by atoms with Crippen LogP contribution in [0.4, 0.5) is 0 Å². The largest absolute Gasteiger partial charge is 0.391 e. The summed E-state index contributed by atoms with van der Waals surface area (Å²) in [7, 11) is 0. The maximum absolute atomic E-state index is 10.4. The highest BCUT2D eigenvalue weighted by Gasteiger charge is 2.35. The Morgan fingerprint density at radius 3 is 2.11 bits per heavy atom. The molecule has 0 aromatic heterocycles. The van der Waals surface area contributed by atoms with Crippen molar-refractivity contribution in [1.82, 2.24) is 4.90 Å². The summed E-state index contributed by atoms with van der Waals surface area (Å²) in [4.78, 5) is 2.61. The summed E-state index contributed by atoms with van der Waals surface area (Å²) in [5.41, 5.74) is 0.600. The minimum Gasteiger partial charge on any atom is -0.391 e. The fraction of sp³-hybridized carbons (Fsp3) is 1.00. The molecule has 2 rings (SSSR count). The van der Waals surface area contributed by atoms with Crippen LogP contribution >= 0.6 is 0 Å². The van der Waals surface area contributed by atoms with Crippen molar-refractivity contribution in [3.8, 4) is 0 Å². The number of hydrogen-bond acceptors (Lipinski definition) is 2. The van der Waals surface area contributed by atoms with Gasteiger partial charge in [0.2, 0.25) is 0 Å². The van der Waals surface area contributed by atoms with Crippen LogP contribution in [0.25, 0.3) is 0 Å². The van der Waals surface area contributed by atoms with E-state index in [9.17, 15) is 5.11 Å². The molecule has 2 fully saturated rings. The summed E-state index contributed by atoms with van der Waals surface area (Å²) in [6, 6.07) is 0.451. The van der Waals surface area contributed by atoms with Crippen molar-refractivity contribution >= 4 is 0 Å². The van der Waals surface area contributed by atoms with Crippen LogP contribution in [0.2, 0.25) is 0 Å². The van der Waals surface area contributed by atoms with Crippen molar-refractivity contribution in [2.75, 3.05) is 13.1 Å². The third kappa shape index (κ3) is 3.72. The van der Waals surface area contributed by atoms with Gasteiger partial charge >= 0.3 is 0 Å². The predicted octanol–water partition coefficient (Wildman–Crippen LogP) is 3.97. The Balaban J connectivity index is 1.91. The molecule has 2 unspecified atom stereocenters. The fourth-order valence-corrected chi connectivity index (χ4v) is 4.16. The number of hydrogen-bond donors (Lipinski definition) is 1. The van der Waals surface area contributed by atoms with E-state index in [0.717, 1.165) is 6.42 Å². The summed E-state index contributed by atoms with van der Waals surface area (Å²) < 4.78 is 0. The number of nitrogens with zero attached hydrogens (tertiary/aromatic N) is 1. The fourth-order valence-electron chi connectivity index (χ4n) is 4.16. The molecule has 1 heterocycles. The van der Waals surface area contributed by atoms with E-state index in [1.165, 1.54) is 70.9 Å². The molecule has 1 saturated heterocycles. The molecule has 0 aromatic rings. The summed E-state index contributed by atoms with van der Waals surface area (Å²) in [6.07, 6.45) is 12.7. The van der Waals surface area contributed by atoms with Crippen LogP contribution in [0.15, 0.2) is 0 Å². The zero-order chi connectivity index (χ0) is 13.7. The molecule has 1 aliphatic carbocycles. The quantitative estimate of drug-likeness (QED) is 0.836. The van der Waals surface area contributed by atoms with Crippen LogP contribution in [0, 0.1) is 5.41 Å². The van der Waals surface area contributed by atoms with Gasteiger partial charge in [0.25, 0.3) is 0 Å². The topological polar surface area (TPSA) is 23.5 Å². The third-order valence-electron chi connectivity index (χ3n) is 6.02. The van der Waals surface area contributed by atoms with Crippen molar-refractivity contribution in [2.24, 2.45) is 5.41 Å². The molecule has 1 N–H and O–H groups in total. The highest BCUT2D eigenvalue weighted by Crippen LogP contribution is 2.39. The zero-order valence-corrected chi connectivity index (χ0v) is 13.0. The third-order valence-corrected chi connectivity index (χ3v) is 6.02. The first-order valence-electron chi connectivity index (χ1n) is 8.63. The van der Waals surface area contributed by atoms with Gasteiger partial charge in [0.1, 0.15) is 0 Å². The Morgan fingerprint density at radius 1 is 0.947 bits per heavy atom. The highest BCUT2D eigenvalue weighted by atomic mass is 16.3. The molecule has 0 bridgehead atoms. The van der Waals surface area contributed by atoms with E-state index in [-0.39, 0.29) is 6.10 Å². The average Bonchev–Trinajstić information content (AvgIpc) is 2.44. The lowest BCUT2D eigenvalue weighted by Gasteiger charge is -2.45. The van der Waals surface area contributed by atoms with E-state index in [1.807, 2.05) is 0 Å². The van der Waals surface area contributed by atoms with Crippen molar-refractivity contribution < 1.29 is 5.11 Å². The molecular weight excluding hydrogens is 234 g/mol.